The molecular weight excluding hydrogens is 323 g/mol. The van der Waals surface area contributed by atoms with Crippen molar-refractivity contribution in [3.05, 3.63) is 71.8 Å². The van der Waals surface area contributed by atoms with E-state index in [1.165, 1.54) is 0 Å². The van der Waals surface area contributed by atoms with Crippen molar-refractivity contribution >= 4 is 29.8 Å². The molecule has 0 fully saturated rings. The zero-order valence-electron chi connectivity index (χ0n) is 10.1. The minimum Gasteiger partial charge on any atom is -0.289 e. The lowest BCUT2D eigenvalue weighted by molar-refractivity contribution is 0.103. The molecule has 0 aliphatic carbocycles. The molecule has 0 aliphatic heterocycles. The van der Waals surface area contributed by atoms with Crippen molar-refractivity contribution in [1.82, 2.24) is 0 Å². The molecule has 2 aromatic rings. The average molecular weight is 340 g/mol. The minimum atomic E-state index is 0. The molecule has 2 rings (SSSR count). The van der Waals surface area contributed by atoms with E-state index in [4.69, 9.17) is 0 Å². The minimum absolute atomic E-state index is 0. The monoisotopic (exact) mass is 340 g/mol. The van der Waals surface area contributed by atoms with E-state index in [2.05, 4.69) is 0 Å². The van der Waals surface area contributed by atoms with Crippen LogP contribution >= 0.6 is 24.0 Å². The molecule has 0 amide bonds. The zero-order chi connectivity index (χ0) is 11.8. The van der Waals surface area contributed by atoms with Crippen LogP contribution in [-0.2, 0) is 0 Å². The molecule has 1 nitrogen and oxygen atoms in total. The van der Waals surface area contributed by atoms with Crippen LogP contribution in [0.2, 0.25) is 0 Å². The van der Waals surface area contributed by atoms with Crippen molar-refractivity contribution in [3.8, 4) is 0 Å². The van der Waals surface area contributed by atoms with Crippen molar-refractivity contribution in [2.24, 2.45) is 0 Å². The Bertz CT molecular complexity index is 382. The van der Waals surface area contributed by atoms with Gasteiger partial charge in [0.2, 0.25) is 0 Å². The molecule has 0 N–H and O–H groups in total. The number of rotatable bonds is 2. The van der Waals surface area contributed by atoms with Gasteiger partial charge in [-0.15, -0.1) is 24.0 Å². The fraction of sp³-hybridized carbons (Fsp3) is 0.133. The molecule has 0 atom stereocenters. The first-order valence-corrected chi connectivity index (χ1v) is 5.53. The predicted octanol–water partition coefficient (Wildman–Crippen LogP) is 4.56. The predicted molar refractivity (Wildman–Crippen MR) is 83.1 cm³/mol. The molecule has 0 aliphatic rings. The van der Waals surface area contributed by atoms with E-state index in [0.29, 0.717) is 0 Å². The maximum Gasteiger partial charge on any atom is 0.193 e. The molecule has 2 aromatic carbocycles. The van der Waals surface area contributed by atoms with E-state index >= 15 is 0 Å². The Balaban J connectivity index is 0.000000811. The first-order chi connectivity index (χ1) is 7.88. The van der Waals surface area contributed by atoms with E-state index in [9.17, 15) is 4.79 Å². The SMILES string of the molecule is CC.I.O=C(c1ccccc1)c1ccccc1. The molecule has 2 heteroatoms. The highest BCUT2D eigenvalue weighted by atomic mass is 127. The summed E-state index contributed by atoms with van der Waals surface area (Å²) in [5.74, 6) is 0.0752. The summed E-state index contributed by atoms with van der Waals surface area (Å²) < 4.78 is 0. The Kier molecular flexibility index (Phi) is 8.32. The molecule has 0 saturated heterocycles. The number of hydrogen-bond acceptors (Lipinski definition) is 1. The normalized spacial score (nSPS) is 8.35. The molecule has 0 radical (unpaired) electrons. The molecular formula is C15H17IO. The van der Waals surface area contributed by atoms with Crippen LogP contribution in [0, 0.1) is 0 Å². The van der Waals surface area contributed by atoms with E-state index < -0.39 is 0 Å². The van der Waals surface area contributed by atoms with Crippen LogP contribution in [0.4, 0.5) is 0 Å². The van der Waals surface area contributed by atoms with Gasteiger partial charge in [-0.1, -0.05) is 74.5 Å². The summed E-state index contributed by atoms with van der Waals surface area (Å²) in [7, 11) is 0. The summed E-state index contributed by atoms with van der Waals surface area (Å²) in [5.41, 5.74) is 1.47. The van der Waals surface area contributed by atoms with E-state index in [0.717, 1.165) is 11.1 Å². The van der Waals surface area contributed by atoms with Gasteiger partial charge in [0.1, 0.15) is 0 Å². The molecule has 0 aromatic heterocycles. The maximum absolute atomic E-state index is 11.8. The van der Waals surface area contributed by atoms with Crippen LogP contribution in [0.15, 0.2) is 60.7 Å². The van der Waals surface area contributed by atoms with E-state index in [1.54, 1.807) is 0 Å². The molecule has 0 unspecified atom stereocenters. The highest BCUT2D eigenvalue weighted by Crippen LogP contribution is 2.08. The van der Waals surface area contributed by atoms with Crippen molar-refractivity contribution in [1.29, 1.82) is 0 Å². The maximum atomic E-state index is 11.8. The lowest BCUT2D eigenvalue weighted by atomic mass is 10.0. The number of hydrogen-bond donors (Lipinski definition) is 0. The van der Waals surface area contributed by atoms with Crippen molar-refractivity contribution in [2.75, 3.05) is 0 Å². The van der Waals surface area contributed by atoms with Gasteiger partial charge in [-0.2, -0.15) is 0 Å². The second-order valence-electron chi connectivity index (χ2n) is 3.06. The third kappa shape index (κ3) is 4.69. The highest BCUT2D eigenvalue weighted by molar-refractivity contribution is 14.0. The molecule has 0 saturated carbocycles. The first-order valence-electron chi connectivity index (χ1n) is 5.53. The molecule has 90 valence electrons. The van der Waals surface area contributed by atoms with Crippen LogP contribution in [0.1, 0.15) is 29.8 Å². The highest BCUT2D eigenvalue weighted by Gasteiger charge is 2.06. The summed E-state index contributed by atoms with van der Waals surface area (Å²) in [4.78, 5) is 11.8. The van der Waals surface area contributed by atoms with Gasteiger partial charge in [-0.25, -0.2) is 0 Å². The second kappa shape index (κ2) is 8.93. The Morgan fingerprint density at radius 3 is 1.29 bits per heavy atom. The summed E-state index contributed by atoms with van der Waals surface area (Å²) in [6.45, 7) is 4.00. The summed E-state index contributed by atoms with van der Waals surface area (Å²) in [6, 6.07) is 18.6. The number of carbonyl (C=O) groups excluding carboxylic acids is 1. The Morgan fingerprint density at radius 2 is 1.00 bits per heavy atom. The van der Waals surface area contributed by atoms with Crippen molar-refractivity contribution in [2.45, 2.75) is 13.8 Å². The van der Waals surface area contributed by atoms with Crippen molar-refractivity contribution in [3.63, 3.8) is 0 Å². The van der Waals surface area contributed by atoms with Crippen LogP contribution in [0.25, 0.3) is 0 Å². The zero-order valence-corrected chi connectivity index (χ0v) is 12.4. The fourth-order valence-electron chi connectivity index (χ4n) is 1.35. The van der Waals surface area contributed by atoms with E-state index in [1.807, 2.05) is 74.5 Å². The van der Waals surface area contributed by atoms with Crippen LogP contribution in [0.5, 0.6) is 0 Å². The molecule has 0 spiro atoms. The first kappa shape index (κ1) is 15.8. The van der Waals surface area contributed by atoms with Gasteiger partial charge in [0.15, 0.2) is 5.78 Å². The van der Waals surface area contributed by atoms with Gasteiger partial charge >= 0.3 is 0 Å². The van der Waals surface area contributed by atoms with Gasteiger partial charge in [-0.05, 0) is 0 Å². The summed E-state index contributed by atoms with van der Waals surface area (Å²) >= 11 is 0. The number of halogens is 1. The lowest BCUT2D eigenvalue weighted by Crippen LogP contribution is -1.99. The topological polar surface area (TPSA) is 17.1 Å². The smallest absolute Gasteiger partial charge is 0.193 e. The molecule has 0 bridgehead atoms. The van der Waals surface area contributed by atoms with Crippen LogP contribution in [0.3, 0.4) is 0 Å². The van der Waals surface area contributed by atoms with Crippen molar-refractivity contribution < 1.29 is 4.79 Å². The second-order valence-corrected chi connectivity index (χ2v) is 3.06. The lowest BCUT2D eigenvalue weighted by Gasteiger charge is -1.99. The quantitative estimate of drug-likeness (QED) is 0.579. The third-order valence-electron chi connectivity index (χ3n) is 2.07. The molecule has 0 heterocycles. The van der Waals surface area contributed by atoms with Gasteiger partial charge in [0.25, 0.3) is 0 Å². The Labute approximate surface area is 120 Å². The van der Waals surface area contributed by atoms with Gasteiger partial charge in [0.05, 0.1) is 0 Å². The van der Waals surface area contributed by atoms with E-state index in [-0.39, 0.29) is 29.8 Å². The van der Waals surface area contributed by atoms with Crippen LogP contribution < -0.4 is 0 Å². The Morgan fingerprint density at radius 1 is 0.706 bits per heavy atom. The average Bonchev–Trinajstić information content (AvgIpc) is 2.42. The number of carbonyl (C=O) groups is 1. The third-order valence-corrected chi connectivity index (χ3v) is 2.07. The van der Waals surface area contributed by atoms with Crippen LogP contribution in [-0.4, -0.2) is 5.78 Å². The summed E-state index contributed by atoms with van der Waals surface area (Å²) in [6.07, 6.45) is 0. The molecule has 17 heavy (non-hydrogen) atoms. The standard InChI is InChI=1S/C13H10O.C2H6.HI/c14-13(11-7-3-1-4-8-11)12-9-5-2-6-10-12;1-2;/h1-10H;1-2H3;1H. The van der Waals surface area contributed by atoms with Gasteiger partial charge < -0.3 is 0 Å². The van der Waals surface area contributed by atoms with Gasteiger partial charge in [-0.3, -0.25) is 4.79 Å². The van der Waals surface area contributed by atoms with Gasteiger partial charge in [0, 0.05) is 11.1 Å². The summed E-state index contributed by atoms with van der Waals surface area (Å²) in [5, 5.41) is 0. The Hall–Kier alpha value is -1.16. The number of benzene rings is 2. The number of ketones is 1. The fourth-order valence-corrected chi connectivity index (χ4v) is 1.35. The largest absolute Gasteiger partial charge is 0.289 e.